The summed E-state index contributed by atoms with van der Waals surface area (Å²) in [4.78, 5) is 0. The van der Waals surface area contributed by atoms with Gasteiger partial charge in [0.25, 0.3) is 0 Å². The van der Waals surface area contributed by atoms with E-state index in [9.17, 15) is 8.42 Å². The fraction of sp³-hybridized carbons (Fsp3) is 0.600. The van der Waals surface area contributed by atoms with Gasteiger partial charge in [0.15, 0.2) is 0 Å². The van der Waals surface area contributed by atoms with Gasteiger partial charge in [0, 0.05) is 12.2 Å². The van der Waals surface area contributed by atoms with Crippen LogP contribution < -0.4 is 10.0 Å². The maximum Gasteiger partial charge on any atom is 0.232 e. The van der Waals surface area contributed by atoms with Gasteiger partial charge in [-0.15, -0.1) is 0 Å². The van der Waals surface area contributed by atoms with Crippen LogP contribution in [0.2, 0.25) is 0 Å². The Kier molecular flexibility index (Phi) is 6.02. The summed E-state index contributed by atoms with van der Waals surface area (Å²) in [5.74, 6) is 0.148. The van der Waals surface area contributed by atoms with Crippen LogP contribution >= 0.6 is 0 Å². The molecule has 114 valence electrons. The van der Waals surface area contributed by atoms with Crippen molar-refractivity contribution >= 4 is 15.7 Å². The Balaban J connectivity index is 2.59. The minimum Gasteiger partial charge on any atom is -0.313 e. The van der Waals surface area contributed by atoms with E-state index in [0.29, 0.717) is 12.1 Å². The molecule has 0 radical (unpaired) electrons. The predicted molar refractivity (Wildman–Crippen MR) is 85.3 cm³/mol. The Morgan fingerprint density at radius 3 is 2.20 bits per heavy atom. The summed E-state index contributed by atoms with van der Waals surface area (Å²) in [5, 5.41) is 3.23. The standard InChI is InChI=1S/C15H26N2O2S/c1-5-16-12-13-6-8-14(9-7-13)17-20(18,19)11-10-15(2,3)4/h6-9,16-17H,5,10-12H2,1-4H3. The minimum absolute atomic E-state index is 0.0183. The zero-order chi connectivity index (χ0) is 15.2. The molecule has 0 saturated carbocycles. The van der Waals surface area contributed by atoms with E-state index in [1.54, 1.807) is 12.1 Å². The Labute approximate surface area is 123 Å². The van der Waals surface area contributed by atoms with E-state index in [1.807, 2.05) is 32.9 Å². The molecule has 0 unspecified atom stereocenters. The van der Waals surface area contributed by atoms with Gasteiger partial charge in [-0.05, 0) is 36.1 Å². The first-order valence-electron chi connectivity index (χ1n) is 7.02. The van der Waals surface area contributed by atoms with Crippen molar-refractivity contribution in [1.29, 1.82) is 0 Å². The van der Waals surface area contributed by atoms with E-state index in [2.05, 4.69) is 17.0 Å². The van der Waals surface area contributed by atoms with Gasteiger partial charge in [-0.3, -0.25) is 4.72 Å². The quantitative estimate of drug-likeness (QED) is 0.813. The lowest BCUT2D eigenvalue weighted by molar-refractivity contribution is 0.397. The molecule has 0 aliphatic carbocycles. The maximum absolute atomic E-state index is 12.0. The highest BCUT2D eigenvalue weighted by Crippen LogP contribution is 2.20. The third kappa shape index (κ3) is 6.91. The van der Waals surface area contributed by atoms with Gasteiger partial charge in [0.1, 0.15) is 0 Å². The molecule has 0 atom stereocenters. The molecule has 0 aliphatic heterocycles. The number of benzene rings is 1. The molecule has 1 aromatic carbocycles. The van der Waals surface area contributed by atoms with E-state index < -0.39 is 10.0 Å². The second kappa shape index (κ2) is 7.09. The van der Waals surface area contributed by atoms with Crippen LogP contribution in [0.5, 0.6) is 0 Å². The Bertz CT molecular complexity index is 502. The molecule has 0 bridgehead atoms. The normalized spacial score (nSPS) is 12.4. The Hall–Kier alpha value is -1.07. The first-order chi connectivity index (χ1) is 9.22. The lowest BCUT2D eigenvalue weighted by Crippen LogP contribution is -2.21. The van der Waals surface area contributed by atoms with Gasteiger partial charge in [-0.25, -0.2) is 8.42 Å². The number of anilines is 1. The second-order valence-electron chi connectivity index (χ2n) is 6.21. The summed E-state index contributed by atoms with van der Waals surface area (Å²) < 4.78 is 26.6. The second-order valence-corrected chi connectivity index (χ2v) is 8.05. The average Bonchev–Trinajstić information content (AvgIpc) is 2.35. The van der Waals surface area contributed by atoms with E-state index in [4.69, 9.17) is 0 Å². The van der Waals surface area contributed by atoms with Gasteiger partial charge < -0.3 is 5.32 Å². The summed E-state index contributed by atoms with van der Waals surface area (Å²) >= 11 is 0. The van der Waals surface area contributed by atoms with Crippen LogP contribution in [-0.2, 0) is 16.6 Å². The molecule has 0 aromatic heterocycles. The molecule has 0 spiro atoms. The minimum atomic E-state index is -3.26. The number of rotatable bonds is 7. The molecule has 0 aliphatic rings. The monoisotopic (exact) mass is 298 g/mol. The number of sulfonamides is 1. The van der Waals surface area contributed by atoms with Crippen LogP contribution in [0.4, 0.5) is 5.69 Å². The predicted octanol–water partition coefficient (Wildman–Crippen LogP) is 2.97. The Morgan fingerprint density at radius 1 is 1.10 bits per heavy atom. The van der Waals surface area contributed by atoms with Crippen molar-refractivity contribution < 1.29 is 8.42 Å². The SMILES string of the molecule is CCNCc1ccc(NS(=O)(=O)CCC(C)(C)C)cc1. The van der Waals surface area contributed by atoms with Gasteiger partial charge >= 0.3 is 0 Å². The highest BCUT2D eigenvalue weighted by atomic mass is 32.2. The zero-order valence-electron chi connectivity index (χ0n) is 12.9. The van der Waals surface area contributed by atoms with Gasteiger partial charge in [-0.1, -0.05) is 39.8 Å². The number of hydrogen-bond acceptors (Lipinski definition) is 3. The molecular weight excluding hydrogens is 272 g/mol. The van der Waals surface area contributed by atoms with E-state index in [0.717, 1.165) is 18.7 Å². The third-order valence-electron chi connectivity index (χ3n) is 2.93. The van der Waals surface area contributed by atoms with E-state index >= 15 is 0 Å². The van der Waals surface area contributed by atoms with Crippen molar-refractivity contribution in [2.75, 3.05) is 17.0 Å². The van der Waals surface area contributed by atoms with Gasteiger partial charge in [-0.2, -0.15) is 0 Å². The highest BCUT2D eigenvalue weighted by Gasteiger charge is 2.17. The smallest absolute Gasteiger partial charge is 0.232 e. The van der Waals surface area contributed by atoms with Crippen LogP contribution in [0.15, 0.2) is 24.3 Å². The van der Waals surface area contributed by atoms with Crippen LogP contribution in [0, 0.1) is 5.41 Å². The molecule has 0 amide bonds. The van der Waals surface area contributed by atoms with Gasteiger partial charge in [0.2, 0.25) is 10.0 Å². The van der Waals surface area contributed by atoms with Crippen molar-refractivity contribution in [3.8, 4) is 0 Å². The van der Waals surface area contributed by atoms with Crippen LogP contribution in [0.3, 0.4) is 0 Å². The van der Waals surface area contributed by atoms with E-state index in [1.165, 1.54) is 0 Å². The van der Waals surface area contributed by atoms with E-state index in [-0.39, 0.29) is 11.2 Å². The molecule has 0 heterocycles. The van der Waals surface area contributed by atoms with Crippen LogP contribution in [0.1, 0.15) is 39.7 Å². The van der Waals surface area contributed by atoms with Crippen molar-refractivity contribution in [2.45, 2.75) is 40.7 Å². The van der Waals surface area contributed by atoms with Gasteiger partial charge in [0.05, 0.1) is 5.75 Å². The highest BCUT2D eigenvalue weighted by molar-refractivity contribution is 7.92. The largest absolute Gasteiger partial charge is 0.313 e. The lowest BCUT2D eigenvalue weighted by Gasteiger charge is -2.18. The molecule has 0 saturated heterocycles. The first-order valence-corrected chi connectivity index (χ1v) is 8.67. The maximum atomic E-state index is 12.0. The fourth-order valence-electron chi connectivity index (χ4n) is 1.63. The summed E-state index contributed by atoms with van der Waals surface area (Å²) in [7, 11) is -3.26. The van der Waals surface area contributed by atoms with Crippen LogP contribution in [0.25, 0.3) is 0 Å². The van der Waals surface area contributed by atoms with Crippen molar-refractivity contribution in [2.24, 2.45) is 5.41 Å². The fourth-order valence-corrected chi connectivity index (χ4v) is 3.11. The molecule has 4 nitrogen and oxygen atoms in total. The molecule has 5 heteroatoms. The van der Waals surface area contributed by atoms with Crippen molar-refractivity contribution in [3.63, 3.8) is 0 Å². The third-order valence-corrected chi connectivity index (χ3v) is 4.22. The summed E-state index contributed by atoms with van der Waals surface area (Å²) in [6, 6.07) is 7.48. The zero-order valence-corrected chi connectivity index (χ0v) is 13.7. The molecular formula is C15H26N2O2S. The van der Waals surface area contributed by atoms with Crippen LogP contribution in [-0.4, -0.2) is 20.7 Å². The molecule has 1 rings (SSSR count). The molecule has 0 fully saturated rings. The summed E-state index contributed by atoms with van der Waals surface area (Å²) in [5.41, 5.74) is 1.79. The summed E-state index contributed by atoms with van der Waals surface area (Å²) in [6.07, 6.45) is 0.640. The summed E-state index contributed by atoms with van der Waals surface area (Å²) in [6.45, 7) is 9.89. The first kappa shape index (κ1) is 17.0. The average molecular weight is 298 g/mol. The van der Waals surface area contributed by atoms with Crippen molar-refractivity contribution in [1.82, 2.24) is 5.32 Å². The molecule has 2 N–H and O–H groups in total. The molecule has 1 aromatic rings. The molecule has 20 heavy (non-hydrogen) atoms. The van der Waals surface area contributed by atoms with Crippen molar-refractivity contribution in [3.05, 3.63) is 29.8 Å². The Morgan fingerprint density at radius 2 is 1.70 bits per heavy atom. The lowest BCUT2D eigenvalue weighted by atomic mass is 9.94. The number of hydrogen-bond donors (Lipinski definition) is 2. The number of nitrogens with one attached hydrogen (secondary N) is 2. The topological polar surface area (TPSA) is 58.2 Å².